The Balaban J connectivity index is 0. The van der Waals surface area contributed by atoms with Crippen LogP contribution in [0.15, 0.2) is 0 Å². The Hall–Kier alpha value is -0.560. The maximum Gasteiger partial charge on any atom is 0.307 e. The summed E-state index contributed by atoms with van der Waals surface area (Å²) in [4.78, 5) is 21.0. The third-order valence-electron chi connectivity index (χ3n) is 5.28. The molecule has 0 amide bonds. The van der Waals surface area contributed by atoms with Crippen molar-refractivity contribution in [1.29, 1.82) is 0 Å². The first-order valence-electron chi connectivity index (χ1n) is 6.89. The highest BCUT2D eigenvalue weighted by Crippen LogP contribution is 2.45. The molecule has 0 saturated heterocycles. The van der Waals surface area contributed by atoms with Crippen molar-refractivity contribution in [3.63, 3.8) is 0 Å². The summed E-state index contributed by atoms with van der Waals surface area (Å²) in [5, 5.41) is 17.3. The first kappa shape index (κ1) is 23.7. The molecule has 0 bridgehead atoms. The lowest BCUT2D eigenvalue weighted by molar-refractivity contribution is -0.154. The highest BCUT2D eigenvalue weighted by atomic mass is 35.5. The van der Waals surface area contributed by atoms with Crippen molar-refractivity contribution >= 4 is 36.8 Å². The average Bonchev–Trinajstić information content (AvgIpc) is 2.32. The number of carboxylic acid groups (broad SMARTS) is 2. The monoisotopic (exact) mass is 358 g/mol. The van der Waals surface area contributed by atoms with Gasteiger partial charge in [-0.25, -0.2) is 0 Å². The molecule has 0 spiro atoms. The molecule has 8 heteroatoms. The summed E-state index contributed by atoms with van der Waals surface area (Å²) in [6.07, 6.45) is 1.25. The van der Waals surface area contributed by atoms with Crippen molar-refractivity contribution < 1.29 is 19.8 Å². The summed E-state index contributed by atoms with van der Waals surface area (Å²) >= 11 is 0. The lowest BCUT2D eigenvalue weighted by Gasteiger charge is -2.47. The molecule has 132 valence electrons. The van der Waals surface area contributed by atoms with Gasteiger partial charge in [-0.2, -0.15) is 0 Å². The summed E-state index contributed by atoms with van der Waals surface area (Å²) in [5.74, 6) is -1.90. The van der Waals surface area contributed by atoms with E-state index < -0.39 is 11.9 Å². The summed E-state index contributed by atoms with van der Waals surface area (Å²) < 4.78 is 0. The van der Waals surface area contributed by atoms with E-state index in [9.17, 15) is 9.59 Å². The van der Waals surface area contributed by atoms with Crippen LogP contribution in [0.4, 0.5) is 0 Å². The van der Waals surface area contributed by atoms with Crippen LogP contribution in [-0.4, -0.2) is 34.2 Å². The van der Waals surface area contributed by atoms with E-state index in [2.05, 4.69) is 0 Å². The van der Waals surface area contributed by atoms with Crippen LogP contribution in [0.25, 0.3) is 0 Å². The van der Waals surface area contributed by atoms with E-state index in [1.54, 1.807) is 0 Å². The number of carboxylic acids is 2. The molecule has 2 saturated carbocycles. The predicted molar refractivity (Wildman–Crippen MR) is 89.5 cm³/mol. The molecular weight excluding hydrogens is 331 g/mol. The molecule has 6 nitrogen and oxygen atoms in total. The van der Waals surface area contributed by atoms with Crippen LogP contribution in [0.5, 0.6) is 0 Å². The smallest absolute Gasteiger partial charge is 0.307 e. The summed E-state index contributed by atoms with van der Waals surface area (Å²) in [5.41, 5.74) is 10.8. The zero-order valence-corrected chi connectivity index (χ0v) is 15.0. The zero-order chi connectivity index (χ0) is 15.9. The van der Waals surface area contributed by atoms with Crippen LogP contribution in [0.3, 0.4) is 0 Å². The second-order valence-electron chi connectivity index (χ2n) is 7.11. The number of carbonyl (C=O) groups is 2. The normalized spacial score (nSPS) is 33.4. The van der Waals surface area contributed by atoms with Crippen LogP contribution in [0.2, 0.25) is 0 Å². The van der Waals surface area contributed by atoms with E-state index in [1.807, 2.05) is 27.7 Å². The molecule has 2 rings (SSSR count). The van der Waals surface area contributed by atoms with E-state index in [4.69, 9.17) is 21.7 Å². The van der Waals surface area contributed by atoms with Crippen LogP contribution in [0.1, 0.15) is 40.5 Å². The van der Waals surface area contributed by atoms with Gasteiger partial charge in [0.15, 0.2) is 0 Å². The highest BCUT2D eigenvalue weighted by Gasteiger charge is 2.50. The van der Waals surface area contributed by atoms with Gasteiger partial charge < -0.3 is 21.7 Å². The molecular formula is C14H28Cl2N2O4. The average molecular weight is 359 g/mol. The van der Waals surface area contributed by atoms with Crippen molar-refractivity contribution in [3.05, 3.63) is 0 Å². The minimum Gasteiger partial charge on any atom is -0.481 e. The largest absolute Gasteiger partial charge is 0.481 e. The number of nitrogens with two attached hydrogens (primary N) is 2. The standard InChI is InChI=1S/2C7H13NO2.2ClH/c2*1-7(2)4(6(9)10)3-5(7)8;;/h2*4-5H,3,8H2,1-2H3,(H,9,10);2*1H/t2*4-,5-;;/m10../s1. The minimum atomic E-state index is -0.716. The molecule has 0 aromatic heterocycles. The Kier molecular flexibility index (Phi) is 8.42. The number of hydrogen-bond donors (Lipinski definition) is 4. The van der Waals surface area contributed by atoms with Crippen molar-refractivity contribution in [3.8, 4) is 0 Å². The third kappa shape index (κ3) is 4.25. The van der Waals surface area contributed by atoms with Gasteiger partial charge in [0.05, 0.1) is 11.8 Å². The molecule has 0 radical (unpaired) electrons. The molecule has 6 N–H and O–H groups in total. The molecule has 0 aromatic rings. The fraction of sp³-hybridized carbons (Fsp3) is 0.857. The second kappa shape index (κ2) is 7.81. The molecule has 0 aromatic carbocycles. The van der Waals surface area contributed by atoms with E-state index in [0.29, 0.717) is 12.8 Å². The zero-order valence-electron chi connectivity index (χ0n) is 13.4. The molecule has 2 aliphatic carbocycles. The van der Waals surface area contributed by atoms with Gasteiger partial charge in [-0.3, -0.25) is 9.59 Å². The van der Waals surface area contributed by atoms with Gasteiger partial charge in [0, 0.05) is 12.1 Å². The fourth-order valence-electron chi connectivity index (χ4n) is 2.76. The van der Waals surface area contributed by atoms with E-state index >= 15 is 0 Å². The first-order chi connectivity index (χ1) is 8.92. The number of rotatable bonds is 2. The Bertz CT molecular complexity index is 378. The maximum absolute atomic E-state index is 10.5. The number of hydrogen-bond acceptors (Lipinski definition) is 4. The van der Waals surface area contributed by atoms with Gasteiger partial charge in [0.1, 0.15) is 0 Å². The molecule has 0 aliphatic heterocycles. The van der Waals surface area contributed by atoms with Crippen LogP contribution >= 0.6 is 24.8 Å². The molecule has 0 heterocycles. The Labute approximate surface area is 143 Å². The van der Waals surface area contributed by atoms with Crippen LogP contribution < -0.4 is 11.5 Å². The van der Waals surface area contributed by atoms with Gasteiger partial charge >= 0.3 is 11.9 Å². The first-order valence-corrected chi connectivity index (χ1v) is 6.89. The number of halogens is 2. The topological polar surface area (TPSA) is 127 Å². The fourth-order valence-corrected chi connectivity index (χ4v) is 2.76. The van der Waals surface area contributed by atoms with Gasteiger partial charge in [0.2, 0.25) is 0 Å². The van der Waals surface area contributed by atoms with Crippen LogP contribution in [-0.2, 0) is 9.59 Å². The second-order valence-corrected chi connectivity index (χ2v) is 7.11. The molecule has 4 atom stereocenters. The van der Waals surface area contributed by atoms with Gasteiger partial charge in [0.25, 0.3) is 0 Å². The summed E-state index contributed by atoms with van der Waals surface area (Å²) in [6, 6.07) is 0.127. The van der Waals surface area contributed by atoms with Crippen LogP contribution in [0, 0.1) is 22.7 Å². The van der Waals surface area contributed by atoms with Crippen molar-refractivity contribution in [2.24, 2.45) is 34.1 Å². The van der Waals surface area contributed by atoms with E-state index in [-0.39, 0.29) is 59.6 Å². The minimum absolute atomic E-state index is 0. The third-order valence-corrected chi connectivity index (χ3v) is 5.28. The highest BCUT2D eigenvalue weighted by molar-refractivity contribution is 5.85. The summed E-state index contributed by atoms with van der Waals surface area (Å²) in [7, 11) is 0. The summed E-state index contributed by atoms with van der Waals surface area (Å²) in [6.45, 7) is 7.61. The Morgan fingerprint density at radius 3 is 1.09 bits per heavy atom. The molecule has 2 aliphatic rings. The van der Waals surface area contributed by atoms with Crippen molar-refractivity contribution in [2.75, 3.05) is 0 Å². The van der Waals surface area contributed by atoms with Gasteiger partial charge in [-0.05, 0) is 23.7 Å². The van der Waals surface area contributed by atoms with E-state index in [1.165, 1.54) is 0 Å². The van der Waals surface area contributed by atoms with Crippen molar-refractivity contribution in [1.82, 2.24) is 0 Å². The Morgan fingerprint density at radius 1 is 0.818 bits per heavy atom. The quantitative estimate of drug-likeness (QED) is 0.595. The van der Waals surface area contributed by atoms with Crippen molar-refractivity contribution in [2.45, 2.75) is 52.6 Å². The van der Waals surface area contributed by atoms with Gasteiger partial charge in [-0.1, -0.05) is 27.7 Å². The molecule has 0 unspecified atom stereocenters. The predicted octanol–water partition coefficient (Wildman–Crippen LogP) is 1.73. The van der Waals surface area contributed by atoms with Gasteiger partial charge in [-0.15, -0.1) is 24.8 Å². The maximum atomic E-state index is 10.5. The molecule has 2 fully saturated rings. The molecule has 22 heavy (non-hydrogen) atoms. The lowest BCUT2D eigenvalue weighted by atomic mass is 9.59. The van der Waals surface area contributed by atoms with E-state index in [0.717, 1.165) is 0 Å². The lowest BCUT2D eigenvalue weighted by Crippen LogP contribution is -2.57. The Morgan fingerprint density at radius 2 is 1.05 bits per heavy atom. The number of aliphatic carboxylic acids is 2. The SMILES string of the molecule is CC1(C)[C@@H](N)C[C@H]1C(=O)O.CC1(C)[C@H](N)C[C@@H]1C(=O)O.Cl.Cl.